The average Bonchev–Trinajstić information content (AvgIpc) is 2.51. The first-order valence-electron chi connectivity index (χ1n) is 8.35. The summed E-state index contributed by atoms with van der Waals surface area (Å²) in [5, 5.41) is 9.08. The largest absolute Gasteiger partial charge is 0.383 e. The van der Waals surface area contributed by atoms with E-state index in [4.69, 9.17) is 4.74 Å². The van der Waals surface area contributed by atoms with E-state index in [2.05, 4.69) is 27.9 Å². The van der Waals surface area contributed by atoms with Crippen molar-refractivity contribution in [2.45, 2.75) is 39.0 Å². The van der Waals surface area contributed by atoms with Gasteiger partial charge in [-0.05, 0) is 24.7 Å². The molecule has 0 aromatic carbocycles. The number of amides is 1. The lowest BCUT2D eigenvalue weighted by Crippen LogP contribution is -2.44. The van der Waals surface area contributed by atoms with E-state index in [9.17, 15) is 4.79 Å². The van der Waals surface area contributed by atoms with Crippen molar-refractivity contribution in [1.82, 2.24) is 16.0 Å². The Morgan fingerprint density at radius 3 is 2.65 bits per heavy atom. The maximum absolute atomic E-state index is 11.6. The molecule has 1 aliphatic carbocycles. The maximum atomic E-state index is 11.6. The Balaban J connectivity index is 0.00000484. The van der Waals surface area contributed by atoms with Gasteiger partial charge in [-0.3, -0.25) is 9.79 Å². The molecule has 1 amide bonds. The van der Waals surface area contributed by atoms with Crippen molar-refractivity contribution in [3.05, 3.63) is 0 Å². The highest BCUT2D eigenvalue weighted by Gasteiger charge is 2.18. The van der Waals surface area contributed by atoms with Crippen molar-refractivity contribution in [3.63, 3.8) is 0 Å². The summed E-state index contributed by atoms with van der Waals surface area (Å²) in [6.07, 6.45) is 6.60. The van der Waals surface area contributed by atoms with Gasteiger partial charge in [0.25, 0.3) is 0 Å². The van der Waals surface area contributed by atoms with Crippen molar-refractivity contribution >= 4 is 35.8 Å². The molecule has 23 heavy (non-hydrogen) atoms. The first-order valence-corrected chi connectivity index (χ1v) is 8.35. The average molecular weight is 440 g/mol. The Bertz CT molecular complexity index is 353. The van der Waals surface area contributed by atoms with Crippen molar-refractivity contribution < 1.29 is 9.53 Å². The number of hydrogen-bond acceptors (Lipinski definition) is 3. The fourth-order valence-corrected chi connectivity index (χ4v) is 2.96. The van der Waals surface area contributed by atoms with Gasteiger partial charge in [0, 0.05) is 27.2 Å². The number of carbonyl (C=O) groups excluding carboxylic acids is 1. The SMILES string of the molecule is CN=C(NCCC1CCCC(C)C1)NCC(=O)NCCOC.I. The molecule has 0 aliphatic heterocycles. The Hall–Kier alpha value is -0.570. The summed E-state index contributed by atoms with van der Waals surface area (Å²) in [6, 6.07) is 0. The van der Waals surface area contributed by atoms with Gasteiger partial charge in [-0.1, -0.05) is 26.2 Å². The molecule has 1 aliphatic rings. The standard InChI is InChI=1S/C16H32N4O2.HI/c1-13-5-4-6-14(11-13)7-8-19-16(17-2)20-12-15(21)18-9-10-22-3;/h13-14H,4-12H2,1-3H3,(H,18,21)(H2,17,19,20);1H. The van der Waals surface area contributed by atoms with Crippen LogP contribution < -0.4 is 16.0 Å². The van der Waals surface area contributed by atoms with Crippen LogP contribution in [0.4, 0.5) is 0 Å². The van der Waals surface area contributed by atoms with E-state index in [1.54, 1.807) is 14.2 Å². The van der Waals surface area contributed by atoms with Gasteiger partial charge in [-0.25, -0.2) is 0 Å². The Morgan fingerprint density at radius 2 is 2.00 bits per heavy atom. The molecule has 0 aromatic heterocycles. The number of halogens is 1. The number of nitrogens with one attached hydrogen (secondary N) is 3. The highest BCUT2D eigenvalue weighted by molar-refractivity contribution is 14.0. The molecule has 136 valence electrons. The number of rotatable bonds is 8. The number of guanidine groups is 1. The minimum atomic E-state index is -0.0545. The highest BCUT2D eigenvalue weighted by Crippen LogP contribution is 2.30. The predicted octanol–water partition coefficient (Wildman–Crippen LogP) is 1.75. The van der Waals surface area contributed by atoms with Gasteiger partial charge in [0.2, 0.25) is 5.91 Å². The smallest absolute Gasteiger partial charge is 0.239 e. The Kier molecular flexibility index (Phi) is 13.5. The molecule has 0 heterocycles. The summed E-state index contributed by atoms with van der Waals surface area (Å²) >= 11 is 0. The topological polar surface area (TPSA) is 74.8 Å². The Labute approximate surface area is 157 Å². The summed E-state index contributed by atoms with van der Waals surface area (Å²) in [5.41, 5.74) is 0. The van der Waals surface area contributed by atoms with Gasteiger partial charge in [0.15, 0.2) is 5.96 Å². The lowest BCUT2D eigenvalue weighted by molar-refractivity contribution is -0.120. The van der Waals surface area contributed by atoms with Gasteiger partial charge >= 0.3 is 0 Å². The third kappa shape index (κ3) is 10.8. The van der Waals surface area contributed by atoms with E-state index in [1.807, 2.05) is 0 Å². The van der Waals surface area contributed by atoms with E-state index >= 15 is 0 Å². The molecule has 7 heteroatoms. The molecule has 2 atom stereocenters. The van der Waals surface area contributed by atoms with Gasteiger partial charge in [0.05, 0.1) is 13.2 Å². The minimum absolute atomic E-state index is 0. The number of hydrogen-bond donors (Lipinski definition) is 3. The normalized spacial score (nSPS) is 21.3. The summed E-state index contributed by atoms with van der Waals surface area (Å²) in [6.45, 7) is 4.54. The van der Waals surface area contributed by atoms with Crippen molar-refractivity contribution in [2.24, 2.45) is 16.8 Å². The number of methoxy groups -OCH3 is 1. The fraction of sp³-hybridized carbons (Fsp3) is 0.875. The van der Waals surface area contributed by atoms with Crippen LogP contribution in [0.3, 0.4) is 0 Å². The molecular weight excluding hydrogens is 407 g/mol. The molecule has 1 fully saturated rings. The molecule has 0 spiro atoms. The van der Waals surface area contributed by atoms with Gasteiger partial charge < -0.3 is 20.7 Å². The lowest BCUT2D eigenvalue weighted by atomic mass is 9.81. The summed E-state index contributed by atoms with van der Waals surface area (Å²) < 4.78 is 4.89. The molecule has 0 aromatic rings. The van der Waals surface area contributed by atoms with Crippen LogP contribution in [0.1, 0.15) is 39.0 Å². The van der Waals surface area contributed by atoms with E-state index in [0.29, 0.717) is 19.1 Å². The van der Waals surface area contributed by atoms with Crippen LogP contribution >= 0.6 is 24.0 Å². The number of carbonyl (C=O) groups is 1. The van der Waals surface area contributed by atoms with Crippen LogP contribution in [0.15, 0.2) is 4.99 Å². The van der Waals surface area contributed by atoms with Crippen molar-refractivity contribution in [2.75, 3.05) is 40.4 Å². The molecule has 0 saturated heterocycles. The molecule has 3 N–H and O–H groups in total. The van der Waals surface area contributed by atoms with Crippen LogP contribution in [-0.2, 0) is 9.53 Å². The fourth-order valence-electron chi connectivity index (χ4n) is 2.96. The zero-order chi connectivity index (χ0) is 16.2. The zero-order valence-corrected chi connectivity index (χ0v) is 17.0. The first kappa shape index (κ1) is 22.4. The van der Waals surface area contributed by atoms with E-state index in [0.717, 1.165) is 18.4 Å². The molecule has 2 unspecified atom stereocenters. The van der Waals surface area contributed by atoms with Crippen LogP contribution in [0.2, 0.25) is 0 Å². The quantitative estimate of drug-likeness (QED) is 0.233. The predicted molar refractivity (Wildman–Crippen MR) is 105 cm³/mol. The molecule has 1 saturated carbocycles. The number of aliphatic imine (C=N–C) groups is 1. The molecule has 6 nitrogen and oxygen atoms in total. The van der Waals surface area contributed by atoms with Crippen molar-refractivity contribution in [3.8, 4) is 0 Å². The van der Waals surface area contributed by atoms with Gasteiger partial charge in [0.1, 0.15) is 0 Å². The van der Waals surface area contributed by atoms with Crippen LogP contribution in [0, 0.1) is 11.8 Å². The zero-order valence-electron chi connectivity index (χ0n) is 14.7. The second kappa shape index (κ2) is 13.8. The molecular formula is C16H33IN4O2. The first-order chi connectivity index (χ1) is 10.7. The minimum Gasteiger partial charge on any atom is -0.383 e. The monoisotopic (exact) mass is 440 g/mol. The summed E-state index contributed by atoms with van der Waals surface area (Å²) in [7, 11) is 3.34. The number of ether oxygens (including phenoxy) is 1. The van der Waals surface area contributed by atoms with Crippen molar-refractivity contribution in [1.29, 1.82) is 0 Å². The molecule has 0 radical (unpaired) electrons. The highest BCUT2D eigenvalue weighted by atomic mass is 127. The molecule has 1 rings (SSSR count). The third-order valence-corrected chi connectivity index (χ3v) is 4.16. The lowest BCUT2D eigenvalue weighted by Gasteiger charge is -2.26. The molecule has 0 bridgehead atoms. The van der Waals surface area contributed by atoms with E-state index in [-0.39, 0.29) is 36.4 Å². The maximum Gasteiger partial charge on any atom is 0.239 e. The second-order valence-electron chi connectivity index (χ2n) is 6.12. The third-order valence-electron chi connectivity index (χ3n) is 4.16. The van der Waals surface area contributed by atoms with Crippen LogP contribution in [-0.4, -0.2) is 52.3 Å². The second-order valence-corrected chi connectivity index (χ2v) is 6.12. The summed E-state index contributed by atoms with van der Waals surface area (Å²) in [5.74, 6) is 2.32. The van der Waals surface area contributed by atoms with Gasteiger partial charge in [-0.15, -0.1) is 24.0 Å². The Morgan fingerprint density at radius 1 is 1.22 bits per heavy atom. The van der Waals surface area contributed by atoms with Crippen LogP contribution in [0.5, 0.6) is 0 Å². The van der Waals surface area contributed by atoms with Crippen LogP contribution in [0.25, 0.3) is 0 Å². The van der Waals surface area contributed by atoms with Gasteiger partial charge in [-0.2, -0.15) is 0 Å². The van der Waals surface area contributed by atoms with E-state index in [1.165, 1.54) is 32.1 Å². The summed E-state index contributed by atoms with van der Waals surface area (Å²) in [4.78, 5) is 15.7. The number of nitrogens with zero attached hydrogens (tertiary/aromatic N) is 1. The van der Waals surface area contributed by atoms with E-state index < -0.39 is 0 Å².